The minimum absolute atomic E-state index is 0.593. The minimum Gasteiger partial charge on any atom is -0.456 e. The number of nitrogens with zero attached hydrogens (tertiary/aromatic N) is 2. The Morgan fingerprint density at radius 1 is 0.379 bits per heavy atom. The maximum Gasteiger partial charge on any atom is 0.227 e. The number of para-hydroxylation sites is 2. The van der Waals surface area contributed by atoms with Gasteiger partial charge in [0.25, 0.3) is 0 Å². The Morgan fingerprint density at radius 2 is 1.02 bits per heavy atom. The first-order valence-electron chi connectivity index (χ1n) is 19.4. The van der Waals surface area contributed by atoms with E-state index < -0.39 is 0 Å². The maximum atomic E-state index is 6.60. The number of hydrogen-bond donors (Lipinski definition) is 0. The molecule has 12 rings (SSSR count). The van der Waals surface area contributed by atoms with Crippen molar-refractivity contribution in [3.05, 3.63) is 194 Å². The van der Waals surface area contributed by atoms with Gasteiger partial charge in [-0.15, -0.1) is 0 Å². The van der Waals surface area contributed by atoms with Crippen molar-refractivity contribution in [2.24, 2.45) is 0 Å². The van der Waals surface area contributed by atoms with Crippen molar-refractivity contribution in [1.82, 2.24) is 4.98 Å². The Hall–Kier alpha value is -7.89. The van der Waals surface area contributed by atoms with E-state index in [0.29, 0.717) is 5.89 Å². The van der Waals surface area contributed by atoms with Gasteiger partial charge in [0.05, 0.1) is 11.1 Å². The molecule has 272 valence electrons. The van der Waals surface area contributed by atoms with Crippen LogP contribution in [0.2, 0.25) is 0 Å². The highest BCUT2D eigenvalue weighted by Crippen LogP contribution is 2.44. The molecule has 0 atom stereocenters. The van der Waals surface area contributed by atoms with Gasteiger partial charge in [-0.1, -0.05) is 121 Å². The summed E-state index contributed by atoms with van der Waals surface area (Å²) in [4.78, 5) is 7.25. The van der Waals surface area contributed by atoms with Gasteiger partial charge in [-0.25, -0.2) is 4.98 Å². The fourth-order valence-electron chi connectivity index (χ4n) is 8.54. The van der Waals surface area contributed by atoms with E-state index in [9.17, 15) is 0 Å². The molecule has 0 spiro atoms. The van der Waals surface area contributed by atoms with Gasteiger partial charge in [0, 0.05) is 33.1 Å². The van der Waals surface area contributed by atoms with Crippen molar-refractivity contribution >= 4 is 82.8 Å². The molecule has 12 aromatic rings. The SMILES string of the molecule is c1ccc(-c2nc3c(ccc4oc5ccc(-c6ccc(N(c7ccc(-c8cccc9ccccc89)cc7)c7cccc8c7oc7ccccc78)cc6)cc5c43)o2)cc1. The monoisotopic (exact) mass is 744 g/mol. The number of oxazole rings is 1. The summed E-state index contributed by atoms with van der Waals surface area (Å²) in [6.07, 6.45) is 0. The molecule has 0 aliphatic rings. The molecule has 0 aliphatic carbocycles. The quantitative estimate of drug-likeness (QED) is 0.170. The summed E-state index contributed by atoms with van der Waals surface area (Å²) in [5, 5.41) is 6.60. The number of hydrogen-bond acceptors (Lipinski definition) is 5. The van der Waals surface area contributed by atoms with Crippen molar-refractivity contribution in [3.63, 3.8) is 0 Å². The van der Waals surface area contributed by atoms with Crippen molar-refractivity contribution in [3.8, 4) is 33.7 Å². The van der Waals surface area contributed by atoms with Crippen LogP contribution in [0.3, 0.4) is 0 Å². The molecule has 0 N–H and O–H groups in total. The molecule has 5 nitrogen and oxygen atoms in total. The van der Waals surface area contributed by atoms with Crippen LogP contribution in [-0.2, 0) is 0 Å². The lowest BCUT2D eigenvalue weighted by Gasteiger charge is -2.26. The number of rotatable bonds is 6. The predicted octanol–water partition coefficient (Wildman–Crippen LogP) is 15.3. The first-order chi connectivity index (χ1) is 28.7. The highest BCUT2D eigenvalue weighted by molar-refractivity contribution is 6.17. The Kier molecular flexibility index (Phi) is 7.16. The summed E-state index contributed by atoms with van der Waals surface area (Å²) in [5.41, 5.74) is 13.3. The van der Waals surface area contributed by atoms with Crippen LogP contribution >= 0.6 is 0 Å². The van der Waals surface area contributed by atoms with Crippen molar-refractivity contribution in [2.75, 3.05) is 4.90 Å². The second kappa shape index (κ2) is 12.8. The zero-order chi connectivity index (χ0) is 38.2. The maximum absolute atomic E-state index is 6.60. The predicted molar refractivity (Wildman–Crippen MR) is 237 cm³/mol. The number of fused-ring (bicyclic) bond motifs is 9. The summed E-state index contributed by atoms with van der Waals surface area (Å²) in [6.45, 7) is 0. The van der Waals surface area contributed by atoms with Crippen LogP contribution in [0.15, 0.2) is 207 Å². The molecule has 9 aromatic carbocycles. The van der Waals surface area contributed by atoms with Gasteiger partial charge in [0.2, 0.25) is 5.89 Å². The molecule has 3 heterocycles. The number of aromatic nitrogens is 1. The average Bonchev–Trinajstić information content (AvgIpc) is 4.01. The first kappa shape index (κ1) is 32.4. The van der Waals surface area contributed by atoms with Crippen LogP contribution in [0.4, 0.5) is 17.1 Å². The zero-order valence-electron chi connectivity index (χ0n) is 31.1. The van der Waals surface area contributed by atoms with E-state index in [1.807, 2.05) is 54.6 Å². The molecule has 3 aromatic heterocycles. The third-order valence-electron chi connectivity index (χ3n) is 11.3. The molecule has 0 saturated heterocycles. The molecule has 0 radical (unpaired) electrons. The highest BCUT2D eigenvalue weighted by atomic mass is 16.4. The highest BCUT2D eigenvalue weighted by Gasteiger charge is 2.21. The van der Waals surface area contributed by atoms with E-state index in [2.05, 4.69) is 144 Å². The molecule has 5 heteroatoms. The van der Waals surface area contributed by atoms with E-state index in [-0.39, 0.29) is 0 Å². The molecule has 0 fully saturated rings. The first-order valence-corrected chi connectivity index (χ1v) is 19.4. The van der Waals surface area contributed by atoms with Crippen LogP contribution in [-0.4, -0.2) is 4.98 Å². The van der Waals surface area contributed by atoms with E-state index >= 15 is 0 Å². The smallest absolute Gasteiger partial charge is 0.227 e. The lowest BCUT2D eigenvalue weighted by atomic mass is 9.98. The van der Waals surface area contributed by atoms with Crippen LogP contribution < -0.4 is 4.90 Å². The largest absolute Gasteiger partial charge is 0.456 e. The molecule has 0 saturated carbocycles. The van der Waals surface area contributed by atoms with Gasteiger partial charge in [0.1, 0.15) is 22.3 Å². The van der Waals surface area contributed by atoms with Gasteiger partial charge in [-0.2, -0.15) is 0 Å². The van der Waals surface area contributed by atoms with Crippen LogP contribution in [0.5, 0.6) is 0 Å². The summed E-state index contributed by atoms with van der Waals surface area (Å²) in [5.74, 6) is 0.593. The third kappa shape index (κ3) is 5.14. The lowest BCUT2D eigenvalue weighted by molar-refractivity contribution is 0.619. The second-order valence-corrected chi connectivity index (χ2v) is 14.7. The summed E-state index contributed by atoms with van der Waals surface area (Å²) in [6, 6.07) is 67.6. The normalized spacial score (nSPS) is 11.8. The fourth-order valence-corrected chi connectivity index (χ4v) is 8.54. The number of benzene rings is 9. The summed E-state index contributed by atoms with van der Waals surface area (Å²) in [7, 11) is 0. The second-order valence-electron chi connectivity index (χ2n) is 14.7. The Labute approximate surface area is 332 Å². The summed E-state index contributed by atoms with van der Waals surface area (Å²) >= 11 is 0. The van der Waals surface area contributed by atoms with E-state index in [0.717, 1.165) is 88.7 Å². The number of anilines is 3. The molecule has 0 amide bonds. The molecular weight excluding hydrogens is 713 g/mol. The van der Waals surface area contributed by atoms with E-state index in [1.54, 1.807) is 0 Å². The average molecular weight is 745 g/mol. The minimum atomic E-state index is 0.593. The van der Waals surface area contributed by atoms with Gasteiger partial charge >= 0.3 is 0 Å². The molecule has 0 aliphatic heterocycles. The lowest BCUT2D eigenvalue weighted by Crippen LogP contribution is -2.10. The Morgan fingerprint density at radius 3 is 1.86 bits per heavy atom. The van der Waals surface area contributed by atoms with Crippen molar-refractivity contribution in [1.29, 1.82) is 0 Å². The molecular formula is C53H32N2O3. The standard InChI is InChI=1S/C53H32N2O3/c1-2-11-36(12-3-1)53-54-51-49(58-53)31-30-48-50(51)44-32-37(24-29-47(44)56-48)33-20-25-38(26-21-33)55(45-18-9-17-43-42-15-6-7-19-46(42)57-52(43)45)39-27-22-35(23-28-39)41-16-8-13-34-10-4-5-14-40(34)41/h1-32H. The van der Waals surface area contributed by atoms with Gasteiger partial charge in [-0.3, -0.25) is 0 Å². The van der Waals surface area contributed by atoms with E-state index in [1.165, 1.54) is 21.9 Å². The topological polar surface area (TPSA) is 55.6 Å². The summed E-state index contributed by atoms with van der Waals surface area (Å²) < 4.78 is 19.2. The Balaban J connectivity index is 0.970. The number of furan rings is 2. The zero-order valence-corrected chi connectivity index (χ0v) is 31.1. The van der Waals surface area contributed by atoms with Gasteiger partial charge < -0.3 is 18.2 Å². The van der Waals surface area contributed by atoms with Crippen molar-refractivity contribution in [2.45, 2.75) is 0 Å². The van der Waals surface area contributed by atoms with Crippen LogP contribution in [0.25, 0.3) is 99.5 Å². The molecule has 58 heavy (non-hydrogen) atoms. The van der Waals surface area contributed by atoms with Crippen LogP contribution in [0, 0.1) is 0 Å². The van der Waals surface area contributed by atoms with Crippen molar-refractivity contribution < 1.29 is 13.3 Å². The van der Waals surface area contributed by atoms with Gasteiger partial charge in [0.15, 0.2) is 11.2 Å². The molecule has 0 unspecified atom stereocenters. The van der Waals surface area contributed by atoms with E-state index in [4.69, 9.17) is 18.2 Å². The van der Waals surface area contributed by atoms with Gasteiger partial charge in [-0.05, 0) is 106 Å². The Bertz CT molecular complexity index is 3500. The third-order valence-corrected chi connectivity index (χ3v) is 11.3. The fraction of sp³-hybridized carbons (Fsp3) is 0. The van der Waals surface area contributed by atoms with Crippen LogP contribution in [0.1, 0.15) is 0 Å². The molecule has 0 bridgehead atoms.